The van der Waals surface area contributed by atoms with Crippen molar-refractivity contribution in [2.45, 2.75) is 62.6 Å². The Morgan fingerprint density at radius 3 is 2.31 bits per heavy atom. The molecule has 0 radical (unpaired) electrons. The van der Waals surface area contributed by atoms with Gasteiger partial charge in [-0.3, -0.25) is 9.59 Å². The lowest BCUT2D eigenvalue weighted by molar-refractivity contribution is -0.246. The smallest absolute Gasteiger partial charge is 0.202 e. The molecule has 2 aromatic carbocycles. The average molecular weight is 501 g/mol. The summed E-state index contributed by atoms with van der Waals surface area (Å²) >= 11 is 0. The highest BCUT2D eigenvalue weighted by molar-refractivity contribution is 6.31. The van der Waals surface area contributed by atoms with Crippen molar-refractivity contribution in [1.29, 1.82) is 0 Å². The van der Waals surface area contributed by atoms with E-state index in [-0.39, 0.29) is 40.8 Å². The van der Waals surface area contributed by atoms with E-state index in [0.717, 1.165) is 0 Å². The van der Waals surface area contributed by atoms with Crippen molar-refractivity contribution in [3.63, 3.8) is 0 Å². The molecule has 36 heavy (non-hydrogen) atoms. The number of benzene rings is 2. The van der Waals surface area contributed by atoms with Crippen LogP contribution in [-0.2, 0) is 9.47 Å². The second-order valence-electron chi connectivity index (χ2n) is 9.35. The molecule has 11 nitrogen and oxygen atoms in total. The number of phenols is 2. The molecule has 0 bridgehead atoms. The number of phenolic OH excluding ortho intramolecular Hbond substituents is 2. The van der Waals surface area contributed by atoms with Crippen LogP contribution in [0.3, 0.4) is 0 Å². The van der Waals surface area contributed by atoms with Gasteiger partial charge in [0, 0.05) is 35.6 Å². The molecule has 3 aliphatic rings. The number of fused-ring (bicyclic) bond motifs is 3. The summed E-state index contributed by atoms with van der Waals surface area (Å²) in [5.41, 5.74) is 4.51. The van der Waals surface area contributed by atoms with Crippen LogP contribution in [0.2, 0.25) is 0 Å². The molecule has 2 aromatic rings. The van der Waals surface area contributed by atoms with Gasteiger partial charge in [-0.2, -0.15) is 0 Å². The van der Waals surface area contributed by atoms with Gasteiger partial charge in [-0.25, -0.2) is 0 Å². The van der Waals surface area contributed by atoms with Crippen LogP contribution in [-0.4, -0.2) is 74.9 Å². The van der Waals surface area contributed by atoms with Crippen LogP contribution in [0, 0.1) is 0 Å². The Labute approximate surface area is 205 Å². The number of aliphatic hydroxyl groups is 3. The van der Waals surface area contributed by atoms with E-state index < -0.39 is 77.0 Å². The van der Waals surface area contributed by atoms with E-state index in [4.69, 9.17) is 19.9 Å². The Kier molecular flexibility index (Phi) is 6.02. The summed E-state index contributed by atoms with van der Waals surface area (Å²) in [6.45, 7) is 1.61. The van der Waals surface area contributed by atoms with E-state index >= 15 is 0 Å². The minimum atomic E-state index is -1.67. The number of carbonyl (C=O) groups excluding carboxylic acids is 2. The molecule has 0 saturated carbocycles. The summed E-state index contributed by atoms with van der Waals surface area (Å²) in [4.78, 5) is 26.9. The summed E-state index contributed by atoms with van der Waals surface area (Å²) in [7, 11) is 1.33. The van der Waals surface area contributed by atoms with Crippen molar-refractivity contribution in [3.8, 4) is 17.2 Å². The van der Waals surface area contributed by atoms with Crippen molar-refractivity contribution in [2.75, 3.05) is 7.11 Å². The Morgan fingerprint density at radius 1 is 0.972 bits per heavy atom. The standard InChI is InChI=1S/C25H27NO10/c1-8-20(28)10(26)6-14(35-8)36-13-7-11(27)22(30)17-16(13)24(32)19-18(25(17)33)21(29)9-4-3-5-12(34-2)15(9)23(19)31/h3-5,8,10-11,13-14,20,22,27-28,30,32-33H,6-7,26H2,1-2H3/t8-,10+,11+,13-,14-,20+,22+/m0/s1. The first kappa shape index (κ1) is 24.6. The predicted molar refractivity (Wildman–Crippen MR) is 122 cm³/mol. The van der Waals surface area contributed by atoms with Crippen LogP contribution >= 0.6 is 0 Å². The first-order valence-corrected chi connectivity index (χ1v) is 11.6. The number of hydrogen-bond donors (Lipinski definition) is 6. The molecule has 1 aliphatic heterocycles. The average Bonchev–Trinajstić information content (AvgIpc) is 2.84. The number of methoxy groups -OCH3 is 1. The lowest BCUT2D eigenvalue weighted by Crippen LogP contribution is -2.52. The second kappa shape index (κ2) is 8.80. The van der Waals surface area contributed by atoms with E-state index in [0.29, 0.717) is 0 Å². The number of hydrogen-bond acceptors (Lipinski definition) is 11. The van der Waals surface area contributed by atoms with Crippen LogP contribution in [0.25, 0.3) is 0 Å². The van der Waals surface area contributed by atoms with Gasteiger partial charge >= 0.3 is 0 Å². The van der Waals surface area contributed by atoms with E-state index in [1.807, 2.05) is 0 Å². The summed E-state index contributed by atoms with van der Waals surface area (Å²) in [6, 6.07) is 3.74. The number of nitrogens with two attached hydrogens (primary N) is 1. The molecule has 192 valence electrons. The van der Waals surface area contributed by atoms with Gasteiger partial charge in [-0.05, 0) is 13.0 Å². The SMILES string of the molecule is COc1cccc2c1C(=O)c1c(O)c3c(c(O)c1C2=O)[C@H](O)[C@H](O)C[C@@H]3O[C@H]1C[C@@H](N)[C@H](O)[C@H](C)O1. The molecule has 0 aromatic heterocycles. The molecule has 5 rings (SSSR count). The summed E-state index contributed by atoms with van der Waals surface area (Å²) in [5, 5.41) is 53.8. The maximum Gasteiger partial charge on any atom is 0.202 e. The largest absolute Gasteiger partial charge is 0.507 e. The van der Waals surface area contributed by atoms with Crippen molar-refractivity contribution < 1.29 is 49.3 Å². The Morgan fingerprint density at radius 2 is 1.64 bits per heavy atom. The maximum atomic E-state index is 13.5. The van der Waals surface area contributed by atoms with E-state index in [2.05, 4.69) is 0 Å². The normalized spacial score (nSPS) is 31.4. The van der Waals surface area contributed by atoms with Gasteiger partial charge in [0.1, 0.15) is 23.4 Å². The highest BCUT2D eigenvalue weighted by atomic mass is 16.7. The third-order valence-electron chi connectivity index (χ3n) is 7.20. The number of carbonyl (C=O) groups is 2. The minimum absolute atomic E-state index is 0.0303. The molecular formula is C25H27NO10. The fourth-order valence-electron chi connectivity index (χ4n) is 5.35. The highest BCUT2D eigenvalue weighted by Crippen LogP contribution is 2.53. The number of aliphatic hydroxyl groups excluding tert-OH is 3. The second-order valence-corrected chi connectivity index (χ2v) is 9.35. The zero-order chi connectivity index (χ0) is 26.0. The molecule has 1 heterocycles. The van der Waals surface area contributed by atoms with Gasteiger partial charge in [-0.15, -0.1) is 0 Å². The quantitative estimate of drug-likeness (QED) is 0.275. The number of ether oxygens (including phenoxy) is 3. The fourth-order valence-corrected chi connectivity index (χ4v) is 5.35. The first-order valence-electron chi connectivity index (χ1n) is 11.6. The van der Waals surface area contributed by atoms with E-state index in [9.17, 15) is 35.1 Å². The van der Waals surface area contributed by atoms with Crippen molar-refractivity contribution in [1.82, 2.24) is 0 Å². The molecule has 11 heteroatoms. The number of aromatic hydroxyl groups is 2. The third-order valence-corrected chi connectivity index (χ3v) is 7.20. The Balaban J connectivity index is 1.66. The maximum absolute atomic E-state index is 13.5. The monoisotopic (exact) mass is 501 g/mol. The van der Waals surface area contributed by atoms with Gasteiger partial charge in [-0.1, -0.05) is 12.1 Å². The third kappa shape index (κ3) is 3.51. The van der Waals surface area contributed by atoms with Gasteiger partial charge < -0.3 is 45.5 Å². The van der Waals surface area contributed by atoms with Crippen molar-refractivity contribution in [3.05, 3.63) is 51.6 Å². The molecule has 1 fully saturated rings. The van der Waals surface area contributed by atoms with Crippen LogP contribution in [0.15, 0.2) is 18.2 Å². The van der Waals surface area contributed by atoms with Gasteiger partial charge in [0.05, 0.1) is 48.2 Å². The molecule has 7 atom stereocenters. The summed E-state index contributed by atoms with van der Waals surface area (Å²) in [5.74, 6) is -2.76. The summed E-state index contributed by atoms with van der Waals surface area (Å²) < 4.78 is 16.9. The fraction of sp³-hybridized carbons (Fsp3) is 0.440. The zero-order valence-electron chi connectivity index (χ0n) is 19.5. The van der Waals surface area contributed by atoms with Gasteiger partial charge in [0.25, 0.3) is 0 Å². The van der Waals surface area contributed by atoms with Crippen LogP contribution < -0.4 is 10.5 Å². The van der Waals surface area contributed by atoms with Crippen LogP contribution in [0.4, 0.5) is 0 Å². The molecule has 7 N–H and O–H groups in total. The number of ketones is 2. The molecule has 1 saturated heterocycles. The Bertz CT molecular complexity index is 1250. The molecule has 0 amide bonds. The van der Waals surface area contributed by atoms with Crippen molar-refractivity contribution in [2.24, 2.45) is 5.73 Å². The topological polar surface area (TPSA) is 189 Å². The predicted octanol–water partition coefficient (Wildman–Crippen LogP) is 0.561. The minimum Gasteiger partial charge on any atom is -0.507 e. The van der Waals surface area contributed by atoms with Gasteiger partial charge in [0.15, 0.2) is 12.1 Å². The lowest BCUT2D eigenvalue weighted by Gasteiger charge is -2.40. The van der Waals surface area contributed by atoms with E-state index in [1.165, 1.54) is 25.3 Å². The summed E-state index contributed by atoms with van der Waals surface area (Å²) in [6.07, 6.45) is -6.88. The van der Waals surface area contributed by atoms with Crippen LogP contribution in [0.5, 0.6) is 17.2 Å². The molecule has 0 unspecified atom stereocenters. The highest BCUT2D eigenvalue weighted by Gasteiger charge is 2.46. The van der Waals surface area contributed by atoms with E-state index in [1.54, 1.807) is 6.92 Å². The number of rotatable bonds is 3. The molecule has 0 spiro atoms. The lowest BCUT2D eigenvalue weighted by atomic mass is 9.75. The van der Waals surface area contributed by atoms with Crippen molar-refractivity contribution >= 4 is 11.6 Å². The first-order chi connectivity index (χ1) is 17.1. The Hall–Kier alpha value is -3.06. The van der Waals surface area contributed by atoms with Crippen LogP contribution in [0.1, 0.15) is 74.9 Å². The molecular weight excluding hydrogens is 474 g/mol. The zero-order valence-corrected chi connectivity index (χ0v) is 19.5. The molecule has 2 aliphatic carbocycles. The van der Waals surface area contributed by atoms with Gasteiger partial charge in [0.2, 0.25) is 5.78 Å².